The number of hydrogen-bond acceptors (Lipinski definition) is 10. The van der Waals surface area contributed by atoms with Gasteiger partial charge in [0.25, 0.3) is 0 Å². The number of rotatable bonds is 12. The van der Waals surface area contributed by atoms with Crippen LogP contribution in [0.5, 0.6) is 11.6 Å². The summed E-state index contributed by atoms with van der Waals surface area (Å²) in [6.07, 6.45) is -0.686. The fraction of sp³-hybridized carbons (Fsp3) is 0.538. The fourth-order valence-electron chi connectivity index (χ4n) is 4.42. The van der Waals surface area contributed by atoms with E-state index < -0.39 is 43.7 Å². The van der Waals surface area contributed by atoms with Crippen molar-refractivity contribution in [3.63, 3.8) is 0 Å². The molecule has 12 nitrogen and oxygen atoms in total. The maximum Gasteiger partial charge on any atom is 0.459 e. The van der Waals surface area contributed by atoms with Crippen molar-refractivity contribution in [3.8, 4) is 11.6 Å². The molecule has 1 aromatic carbocycles. The Bertz CT molecular complexity index is 1360. The van der Waals surface area contributed by atoms with Crippen LogP contribution < -0.4 is 14.3 Å². The quantitative estimate of drug-likeness (QED) is 0.238. The second-order valence-corrected chi connectivity index (χ2v) is 11.7. The number of halogens is 1. The SMILES string of the molecule is CCC1(C)C(F)[C@H](n2cnc3c(OC)ncnc32)O[C@@H]1COP(=O)(N[C@@H](C)C(=O)OC(C)C)Oc1ccccc1. The van der Waals surface area contributed by atoms with E-state index in [2.05, 4.69) is 20.0 Å². The van der Waals surface area contributed by atoms with Gasteiger partial charge in [-0.3, -0.25) is 13.9 Å². The van der Waals surface area contributed by atoms with Gasteiger partial charge >= 0.3 is 13.7 Å². The lowest BCUT2D eigenvalue weighted by atomic mass is 9.79. The molecule has 1 aliphatic rings. The molecule has 0 radical (unpaired) electrons. The van der Waals surface area contributed by atoms with Crippen LogP contribution in [0.25, 0.3) is 11.2 Å². The first-order chi connectivity index (χ1) is 19.0. The molecule has 0 bridgehead atoms. The smallest absolute Gasteiger partial charge is 0.459 e. The Hall–Kier alpha value is -3.12. The number of esters is 1. The standard InChI is InChI=1S/C26H35FN5O7P/c1-7-26(5)19(38-24(21(26)27)32-15-30-20-22(32)28-14-29-23(20)35-6)13-36-40(34,39-18-11-9-8-10-12-18)31-17(4)25(33)37-16(2)3/h8-12,14-17,19,21,24H,7,13H2,1-6H3,(H,31,34)/t17-,19+,21?,24+,26?,40?/m0/s1. The van der Waals surface area contributed by atoms with Crippen LogP contribution >= 0.6 is 7.75 Å². The van der Waals surface area contributed by atoms with Gasteiger partial charge < -0.3 is 18.7 Å². The number of nitrogens with zero attached hydrogens (tertiary/aromatic N) is 4. The summed E-state index contributed by atoms with van der Waals surface area (Å²) < 4.78 is 59.7. The molecule has 14 heteroatoms. The van der Waals surface area contributed by atoms with E-state index >= 15 is 4.39 Å². The molecule has 3 heterocycles. The van der Waals surface area contributed by atoms with Crippen molar-refractivity contribution in [2.24, 2.45) is 5.41 Å². The van der Waals surface area contributed by atoms with E-state index in [9.17, 15) is 9.36 Å². The van der Waals surface area contributed by atoms with Gasteiger partial charge in [0.1, 0.15) is 18.1 Å². The summed E-state index contributed by atoms with van der Waals surface area (Å²) in [5.41, 5.74) is -0.319. The van der Waals surface area contributed by atoms with Crippen LogP contribution in [0.4, 0.5) is 4.39 Å². The lowest BCUT2D eigenvalue weighted by Crippen LogP contribution is -2.39. The predicted molar refractivity (Wildman–Crippen MR) is 144 cm³/mol. The van der Waals surface area contributed by atoms with Gasteiger partial charge in [-0.25, -0.2) is 18.9 Å². The van der Waals surface area contributed by atoms with Crippen LogP contribution in [-0.2, 0) is 23.4 Å². The van der Waals surface area contributed by atoms with Gasteiger partial charge in [-0.2, -0.15) is 10.1 Å². The third kappa shape index (κ3) is 6.12. The number of ether oxygens (including phenoxy) is 3. The molecule has 218 valence electrons. The molecule has 1 fully saturated rings. The number of imidazole rings is 1. The highest BCUT2D eigenvalue weighted by Crippen LogP contribution is 2.51. The Morgan fingerprint density at radius 3 is 2.60 bits per heavy atom. The average molecular weight is 580 g/mol. The molecule has 1 aliphatic heterocycles. The van der Waals surface area contributed by atoms with Crippen LogP contribution in [0.2, 0.25) is 0 Å². The normalized spacial score (nSPS) is 25.1. The van der Waals surface area contributed by atoms with Gasteiger partial charge in [0, 0.05) is 5.41 Å². The van der Waals surface area contributed by atoms with E-state index in [4.69, 9.17) is 23.3 Å². The van der Waals surface area contributed by atoms with E-state index in [1.165, 1.54) is 31.3 Å². The van der Waals surface area contributed by atoms with Crippen molar-refractivity contribution in [1.82, 2.24) is 24.6 Å². The van der Waals surface area contributed by atoms with Crippen molar-refractivity contribution in [3.05, 3.63) is 43.0 Å². The molecule has 0 aliphatic carbocycles. The Labute approximate surface area is 232 Å². The summed E-state index contributed by atoms with van der Waals surface area (Å²) in [5, 5.41) is 2.64. The maximum absolute atomic E-state index is 16.1. The first-order valence-corrected chi connectivity index (χ1v) is 14.5. The molecule has 0 amide bonds. The summed E-state index contributed by atoms with van der Waals surface area (Å²) in [6, 6.07) is 7.37. The number of alkyl halides is 1. The van der Waals surface area contributed by atoms with Crippen LogP contribution in [0.15, 0.2) is 43.0 Å². The molecule has 6 atom stereocenters. The number of carbonyl (C=O) groups is 1. The second-order valence-electron chi connectivity index (χ2n) is 10.0. The van der Waals surface area contributed by atoms with E-state index in [1.54, 1.807) is 51.1 Å². The third-order valence-corrected chi connectivity index (χ3v) is 8.54. The summed E-state index contributed by atoms with van der Waals surface area (Å²) in [5.74, 6) is -0.113. The van der Waals surface area contributed by atoms with Crippen LogP contribution in [-0.4, -0.2) is 63.6 Å². The molecule has 1 N–H and O–H groups in total. The first-order valence-electron chi connectivity index (χ1n) is 13.0. The molecular formula is C26H35FN5O7P. The minimum absolute atomic E-state index is 0.255. The van der Waals surface area contributed by atoms with Gasteiger partial charge in [-0.1, -0.05) is 32.0 Å². The van der Waals surface area contributed by atoms with Crippen molar-refractivity contribution in [1.29, 1.82) is 0 Å². The predicted octanol–water partition coefficient (Wildman–Crippen LogP) is 4.62. The summed E-state index contributed by atoms with van der Waals surface area (Å²) in [4.78, 5) is 25.0. The molecule has 3 unspecified atom stereocenters. The van der Waals surface area contributed by atoms with Crippen LogP contribution in [0.3, 0.4) is 0 Å². The van der Waals surface area contributed by atoms with Gasteiger partial charge in [-0.05, 0) is 39.3 Å². The number of para-hydroxylation sites is 1. The zero-order valence-electron chi connectivity index (χ0n) is 23.3. The van der Waals surface area contributed by atoms with Crippen molar-refractivity contribution < 1.29 is 37.0 Å². The molecular weight excluding hydrogens is 544 g/mol. The van der Waals surface area contributed by atoms with Gasteiger partial charge in [0.15, 0.2) is 23.6 Å². The lowest BCUT2D eigenvalue weighted by Gasteiger charge is -2.31. The summed E-state index contributed by atoms with van der Waals surface area (Å²) in [7, 11) is -2.72. The third-order valence-electron chi connectivity index (χ3n) is 6.90. The average Bonchev–Trinajstić information content (AvgIpc) is 3.46. The van der Waals surface area contributed by atoms with Crippen molar-refractivity contribution in [2.45, 2.75) is 71.7 Å². The number of fused-ring (bicyclic) bond motifs is 1. The molecule has 2 aromatic heterocycles. The highest BCUT2D eigenvalue weighted by Gasteiger charge is 2.55. The number of hydrogen-bond donors (Lipinski definition) is 1. The van der Waals surface area contributed by atoms with Crippen LogP contribution in [0, 0.1) is 5.41 Å². The zero-order chi connectivity index (χ0) is 29.1. The number of nitrogens with one attached hydrogen (secondary N) is 1. The largest absolute Gasteiger partial charge is 0.479 e. The number of benzene rings is 1. The van der Waals surface area contributed by atoms with Gasteiger partial charge in [0.2, 0.25) is 5.88 Å². The Morgan fingerprint density at radius 2 is 1.95 bits per heavy atom. The molecule has 3 aromatic rings. The van der Waals surface area contributed by atoms with E-state index in [1.807, 2.05) is 6.92 Å². The lowest BCUT2D eigenvalue weighted by molar-refractivity contribution is -0.149. The van der Waals surface area contributed by atoms with Crippen LogP contribution in [0.1, 0.15) is 47.3 Å². The number of methoxy groups -OCH3 is 1. The second kappa shape index (κ2) is 12.2. The fourth-order valence-corrected chi connectivity index (χ4v) is 5.91. The highest BCUT2D eigenvalue weighted by atomic mass is 31.2. The van der Waals surface area contributed by atoms with Crippen molar-refractivity contribution in [2.75, 3.05) is 13.7 Å². The minimum Gasteiger partial charge on any atom is -0.479 e. The molecule has 0 spiro atoms. The van der Waals surface area contributed by atoms with Crippen molar-refractivity contribution >= 4 is 24.9 Å². The Kier molecular flexibility index (Phi) is 9.09. The first kappa shape index (κ1) is 29.9. The van der Waals surface area contributed by atoms with Gasteiger partial charge in [-0.15, -0.1) is 0 Å². The molecule has 0 saturated carbocycles. The highest BCUT2D eigenvalue weighted by molar-refractivity contribution is 7.52. The summed E-state index contributed by atoms with van der Waals surface area (Å²) in [6.45, 7) is 8.18. The molecule has 40 heavy (non-hydrogen) atoms. The zero-order valence-corrected chi connectivity index (χ0v) is 24.2. The van der Waals surface area contributed by atoms with E-state index in [0.717, 1.165) is 0 Å². The topological polar surface area (TPSA) is 136 Å². The molecule has 1 saturated heterocycles. The van der Waals surface area contributed by atoms with E-state index in [0.29, 0.717) is 17.6 Å². The minimum atomic E-state index is -4.17. The maximum atomic E-state index is 16.1. The Balaban J connectivity index is 1.58. The van der Waals surface area contributed by atoms with E-state index in [-0.39, 0.29) is 24.3 Å². The number of carbonyl (C=O) groups excluding carboxylic acids is 1. The molecule has 4 rings (SSSR count). The monoisotopic (exact) mass is 579 g/mol. The summed E-state index contributed by atoms with van der Waals surface area (Å²) >= 11 is 0. The Morgan fingerprint density at radius 1 is 1.23 bits per heavy atom. The number of aromatic nitrogens is 4. The van der Waals surface area contributed by atoms with Gasteiger partial charge in [0.05, 0.1) is 32.3 Å².